The predicted molar refractivity (Wildman–Crippen MR) is 77.8 cm³/mol. The number of benzene rings is 1. The van der Waals surface area contributed by atoms with Gasteiger partial charge < -0.3 is 20.1 Å². The number of halogens is 1. The van der Waals surface area contributed by atoms with Gasteiger partial charge in [-0.05, 0) is 25.0 Å². The lowest BCUT2D eigenvalue weighted by atomic mass is 10.0. The first-order valence-corrected chi connectivity index (χ1v) is 6.69. The van der Waals surface area contributed by atoms with Crippen molar-refractivity contribution in [2.24, 2.45) is 5.73 Å². The number of ether oxygens (including phenoxy) is 2. The Morgan fingerprint density at radius 2 is 1.90 bits per heavy atom. The number of amides is 1. The fourth-order valence-electron chi connectivity index (χ4n) is 2.52. The van der Waals surface area contributed by atoms with Gasteiger partial charge in [-0.15, -0.1) is 12.4 Å². The summed E-state index contributed by atoms with van der Waals surface area (Å²) in [5, 5.41) is 0. The minimum atomic E-state index is 0. The molecule has 2 aliphatic rings. The maximum atomic E-state index is 12.5. The number of nitrogens with two attached hydrogens (primary N) is 1. The lowest BCUT2D eigenvalue weighted by molar-refractivity contribution is 0.0704. The molecule has 20 heavy (non-hydrogen) atoms. The Balaban J connectivity index is 0.00000147. The van der Waals surface area contributed by atoms with E-state index in [1.807, 2.05) is 17.0 Å². The number of carbonyl (C=O) groups excluding carboxylic acids is 1. The van der Waals surface area contributed by atoms with Gasteiger partial charge >= 0.3 is 0 Å². The van der Waals surface area contributed by atoms with Gasteiger partial charge in [-0.2, -0.15) is 0 Å². The number of likely N-dealkylation sites (tertiary alicyclic amines) is 1. The molecule has 0 spiro atoms. The van der Waals surface area contributed by atoms with Gasteiger partial charge in [0, 0.05) is 19.1 Å². The SMILES string of the molecule is Cl.NC1CCN(C(=O)c2cccc3c2OCCO3)CC1. The summed E-state index contributed by atoms with van der Waals surface area (Å²) in [5.41, 5.74) is 6.45. The van der Waals surface area contributed by atoms with E-state index in [1.165, 1.54) is 0 Å². The number of rotatable bonds is 1. The maximum absolute atomic E-state index is 12.5. The topological polar surface area (TPSA) is 64.8 Å². The van der Waals surface area contributed by atoms with Gasteiger partial charge in [0.25, 0.3) is 5.91 Å². The largest absolute Gasteiger partial charge is 0.486 e. The summed E-state index contributed by atoms with van der Waals surface area (Å²) in [5.74, 6) is 1.24. The van der Waals surface area contributed by atoms with Crippen molar-refractivity contribution >= 4 is 18.3 Å². The van der Waals surface area contributed by atoms with Crippen molar-refractivity contribution < 1.29 is 14.3 Å². The average Bonchev–Trinajstić information content (AvgIpc) is 2.47. The van der Waals surface area contributed by atoms with Crippen molar-refractivity contribution in [3.8, 4) is 11.5 Å². The highest BCUT2D eigenvalue weighted by Gasteiger charge is 2.26. The molecule has 0 atom stereocenters. The third-order valence-electron chi connectivity index (χ3n) is 3.62. The van der Waals surface area contributed by atoms with Crippen LogP contribution in [0.1, 0.15) is 23.2 Å². The fourth-order valence-corrected chi connectivity index (χ4v) is 2.52. The molecule has 1 aromatic carbocycles. The molecule has 0 unspecified atom stereocenters. The molecule has 2 aliphatic heterocycles. The van der Waals surface area contributed by atoms with Crippen LogP contribution in [0.5, 0.6) is 11.5 Å². The Labute approximate surface area is 124 Å². The molecular weight excluding hydrogens is 280 g/mol. The van der Waals surface area contributed by atoms with Gasteiger partial charge in [0.2, 0.25) is 0 Å². The zero-order chi connectivity index (χ0) is 13.2. The summed E-state index contributed by atoms with van der Waals surface area (Å²) >= 11 is 0. The average molecular weight is 299 g/mol. The van der Waals surface area contributed by atoms with Crippen molar-refractivity contribution in [3.05, 3.63) is 23.8 Å². The van der Waals surface area contributed by atoms with Gasteiger partial charge in [-0.3, -0.25) is 4.79 Å². The second kappa shape index (κ2) is 6.33. The summed E-state index contributed by atoms with van der Waals surface area (Å²) in [7, 11) is 0. The van der Waals surface area contributed by atoms with Crippen LogP contribution in [0, 0.1) is 0 Å². The molecule has 110 valence electrons. The van der Waals surface area contributed by atoms with Crippen LogP contribution in [-0.2, 0) is 0 Å². The van der Waals surface area contributed by atoms with Crippen molar-refractivity contribution in [3.63, 3.8) is 0 Å². The van der Waals surface area contributed by atoms with Crippen LogP contribution in [0.25, 0.3) is 0 Å². The summed E-state index contributed by atoms with van der Waals surface area (Å²) in [4.78, 5) is 14.4. The lowest BCUT2D eigenvalue weighted by Gasteiger charge is -2.31. The van der Waals surface area contributed by atoms with Crippen LogP contribution in [0.3, 0.4) is 0 Å². The van der Waals surface area contributed by atoms with Gasteiger partial charge in [-0.25, -0.2) is 0 Å². The zero-order valence-corrected chi connectivity index (χ0v) is 12.0. The number of hydrogen-bond donors (Lipinski definition) is 1. The highest BCUT2D eigenvalue weighted by molar-refractivity contribution is 5.98. The summed E-state index contributed by atoms with van der Waals surface area (Å²) < 4.78 is 11.1. The molecule has 6 heteroatoms. The molecule has 0 aliphatic carbocycles. The quantitative estimate of drug-likeness (QED) is 0.852. The maximum Gasteiger partial charge on any atom is 0.257 e. The first-order chi connectivity index (χ1) is 9.25. The van der Waals surface area contributed by atoms with Crippen molar-refractivity contribution in [2.75, 3.05) is 26.3 Å². The molecule has 3 rings (SSSR count). The normalized spacial score (nSPS) is 18.4. The van der Waals surface area contributed by atoms with Crippen molar-refractivity contribution in [1.29, 1.82) is 0 Å². The third kappa shape index (κ3) is 2.83. The molecule has 1 fully saturated rings. The molecule has 1 saturated heterocycles. The molecule has 5 nitrogen and oxygen atoms in total. The standard InChI is InChI=1S/C14H18N2O3.ClH/c15-10-4-6-16(7-5-10)14(17)11-2-1-3-12-13(11)19-9-8-18-12;/h1-3,10H,4-9,15H2;1H. The number of piperidine rings is 1. The summed E-state index contributed by atoms with van der Waals surface area (Å²) in [6.07, 6.45) is 1.72. The number of hydrogen-bond acceptors (Lipinski definition) is 4. The minimum Gasteiger partial charge on any atom is -0.486 e. The highest BCUT2D eigenvalue weighted by Crippen LogP contribution is 2.34. The molecule has 0 saturated carbocycles. The molecule has 0 radical (unpaired) electrons. The molecule has 1 aromatic rings. The molecule has 2 N–H and O–H groups in total. The molecule has 1 amide bonds. The number of para-hydroxylation sites is 1. The van der Waals surface area contributed by atoms with Crippen LogP contribution in [0.15, 0.2) is 18.2 Å². The van der Waals surface area contributed by atoms with E-state index in [4.69, 9.17) is 15.2 Å². The summed E-state index contributed by atoms with van der Waals surface area (Å²) in [6, 6.07) is 5.67. The van der Waals surface area contributed by atoms with Crippen LogP contribution >= 0.6 is 12.4 Å². The van der Waals surface area contributed by atoms with E-state index in [2.05, 4.69) is 0 Å². The zero-order valence-electron chi connectivity index (χ0n) is 11.2. The highest BCUT2D eigenvalue weighted by atomic mass is 35.5. The van der Waals surface area contributed by atoms with Crippen molar-refractivity contribution in [2.45, 2.75) is 18.9 Å². The van der Waals surface area contributed by atoms with E-state index in [0.717, 1.165) is 12.8 Å². The Bertz CT molecular complexity index is 487. The van der Waals surface area contributed by atoms with Crippen LogP contribution < -0.4 is 15.2 Å². The number of carbonyl (C=O) groups is 1. The third-order valence-corrected chi connectivity index (χ3v) is 3.62. The van der Waals surface area contributed by atoms with Crippen LogP contribution in [-0.4, -0.2) is 43.2 Å². The van der Waals surface area contributed by atoms with E-state index < -0.39 is 0 Å². The Kier molecular flexibility index (Phi) is 4.73. The number of nitrogens with zero attached hydrogens (tertiary/aromatic N) is 1. The summed E-state index contributed by atoms with van der Waals surface area (Å²) in [6.45, 7) is 2.44. The minimum absolute atomic E-state index is 0. The fraction of sp³-hybridized carbons (Fsp3) is 0.500. The molecule has 0 bridgehead atoms. The first kappa shape index (κ1) is 14.9. The monoisotopic (exact) mass is 298 g/mol. The van der Waals surface area contributed by atoms with Gasteiger partial charge in [0.1, 0.15) is 13.2 Å². The van der Waals surface area contributed by atoms with Crippen LogP contribution in [0.2, 0.25) is 0 Å². The first-order valence-electron chi connectivity index (χ1n) is 6.69. The molecule has 2 heterocycles. The Hall–Kier alpha value is -1.46. The van der Waals surface area contributed by atoms with E-state index in [1.54, 1.807) is 6.07 Å². The van der Waals surface area contributed by atoms with Crippen LogP contribution in [0.4, 0.5) is 0 Å². The Morgan fingerprint density at radius 3 is 2.65 bits per heavy atom. The molecule has 0 aromatic heterocycles. The second-order valence-corrected chi connectivity index (χ2v) is 4.96. The lowest BCUT2D eigenvalue weighted by Crippen LogP contribution is -2.43. The van der Waals surface area contributed by atoms with E-state index >= 15 is 0 Å². The van der Waals surface area contributed by atoms with E-state index in [0.29, 0.717) is 43.4 Å². The van der Waals surface area contributed by atoms with E-state index in [-0.39, 0.29) is 24.4 Å². The van der Waals surface area contributed by atoms with E-state index in [9.17, 15) is 4.79 Å². The predicted octanol–water partition coefficient (Wildman–Crippen LogP) is 1.44. The smallest absolute Gasteiger partial charge is 0.257 e. The van der Waals surface area contributed by atoms with Gasteiger partial charge in [0.15, 0.2) is 11.5 Å². The van der Waals surface area contributed by atoms with Gasteiger partial charge in [0.05, 0.1) is 5.56 Å². The number of fused-ring (bicyclic) bond motifs is 1. The van der Waals surface area contributed by atoms with Gasteiger partial charge in [-0.1, -0.05) is 6.07 Å². The Morgan fingerprint density at radius 1 is 1.20 bits per heavy atom. The van der Waals surface area contributed by atoms with Crippen molar-refractivity contribution in [1.82, 2.24) is 4.90 Å². The second-order valence-electron chi connectivity index (χ2n) is 4.96. The molecular formula is C14H19ClN2O3.